The predicted molar refractivity (Wildman–Crippen MR) is 114 cm³/mol. The van der Waals surface area contributed by atoms with Crippen LogP contribution < -0.4 is 10.6 Å². The molecule has 26 heavy (non-hydrogen) atoms. The summed E-state index contributed by atoms with van der Waals surface area (Å²) in [4.78, 5) is 5.81. The minimum absolute atomic E-state index is 0.613. The number of nitrogens with zero attached hydrogens (tertiary/aromatic N) is 1. The molecule has 0 unspecified atom stereocenters. The zero-order valence-corrected chi connectivity index (χ0v) is 15.8. The fourth-order valence-corrected chi connectivity index (χ4v) is 2.80. The van der Waals surface area contributed by atoms with E-state index in [4.69, 9.17) is 24.4 Å². The van der Waals surface area contributed by atoms with Gasteiger partial charge in [-0.2, -0.15) is 0 Å². The van der Waals surface area contributed by atoms with Crippen LogP contribution in [0.15, 0.2) is 78.9 Å². The van der Waals surface area contributed by atoms with Crippen molar-refractivity contribution in [1.82, 2.24) is 15.6 Å². The predicted octanol–water partition coefficient (Wildman–Crippen LogP) is 4.01. The first-order chi connectivity index (χ1) is 12.7. The van der Waals surface area contributed by atoms with E-state index in [1.807, 2.05) is 54.6 Å². The van der Waals surface area contributed by atoms with Gasteiger partial charge in [-0.15, -0.1) is 0 Å². The Hall–Kier alpha value is -2.63. The van der Waals surface area contributed by atoms with Crippen molar-refractivity contribution >= 4 is 34.4 Å². The fourth-order valence-electron chi connectivity index (χ4n) is 2.43. The van der Waals surface area contributed by atoms with Crippen LogP contribution in [-0.4, -0.2) is 15.0 Å². The highest BCUT2D eigenvalue weighted by atomic mass is 32.1. The third-order valence-corrected chi connectivity index (χ3v) is 4.51. The highest BCUT2D eigenvalue weighted by Crippen LogP contribution is 2.05. The van der Waals surface area contributed by atoms with Crippen LogP contribution in [0, 0.1) is 0 Å². The van der Waals surface area contributed by atoms with E-state index in [2.05, 4.69) is 39.9 Å². The second kappa shape index (κ2) is 9.17. The van der Waals surface area contributed by atoms with Gasteiger partial charge in [0.05, 0.1) is 11.4 Å². The van der Waals surface area contributed by atoms with Gasteiger partial charge in [0.25, 0.3) is 0 Å². The lowest BCUT2D eigenvalue weighted by molar-refractivity contribution is 0.917. The van der Waals surface area contributed by atoms with Gasteiger partial charge in [-0.05, 0) is 23.3 Å². The zero-order valence-electron chi connectivity index (χ0n) is 14.2. The Labute approximate surface area is 164 Å². The second-order valence-corrected chi connectivity index (χ2v) is 6.56. The molecule has 0 aliphatic carbocycles. The lowest BCUT2D eigenvalue weighted by atomic mass is 10.2. The molecule has 0 amide bonds. The number of hydrogen-bond acceptors (Lipinski definition) is 3. The molecule has 0 spiro atoms. The number of nitrogens with one attached hydrogen (secondary N) is 2. The van der Waals surface area contributed by atoms with Crippen molar-refractivity contribution in [1.29, 1.82) is 0 Å². The molecular formula is C21H19N3S2. The first-order valence-corrected chi connectivity index (χ1v) is 9.15. The molecule has 0 fully saturated rings. The minimum atomic E-state index is 0.613. The van der Waals surface area contributed by atoms with Crippen LogP contribution in [0.3, 0.4) is 0 Å². The van der Waals surface area contributed by atoms with Crippen LogP contribution in [0.2, 0.25) is 0 Å². The molecule has 130 valence electrons. The Balaban J connectivity index is 1.60. The number of thiocarbonyl (C=S) groups is 2. The molecule has 2 N–H and O–H groups in total. The van der Waals surface area contributed by atoms with Gasteiger partial charge in [0.15, 0.2) is 0 Å². The molecule has 3 nitrogen and oxygen atoms in total. The van der Waals surface area contributed by atoms with Gasteiger partial charge >= 0.3 is 0 Å². The van der Waals surface area contributed by atoms with Gasteiger partial charge in [-0.1, -0.05) is 91.2 Å². The van der Waals surface area contributed by atoms with Gasteiger partial charge in [0.2, 0.25) is 0 Å². The van der Waals surface area contributed by atoms with Crippen molar-refractivity contribution in [2.45, 2.75) is 13.1 Å². The largest absolute Gasteiger partial charge is 0.370 e. The van der Waals surface area contributed by atoms with Crippen LogP contribution >= 0.6 is 24.4 Å². The molecule has 0 atom stereocenters. The van der Waals surface area contributed by atoms with Crippen LogP contribution in [0.1, 0.15) is 22.5 Å². The summed E-state index contributed by atoms with van der Waals surface area (Å²) in [5.74, 6) is 0. The molecule has 0 saturated heterocycles. The summed E-state index contributed by atoms with van der Waals surface area (Å²) in [5.41, 5.74) is 3.78. The summed E-state index contributed by atoms with van der Waals surface area (Å²) in [6.07, 6.45) is 0. The normalized spacial score (nSPS) is 10.2. The van der Waals surface area contributed by atoms with Gasteiger partial charge in [0, 0.05) is 13.1 Å². The van der Waals surface area contributed by atoms with E-state index >= 15 is 0 Å². The van der Waals surface area contributed by atoms with Crippen molar-refractivity contribution in [3.05, 3.63) is 101 Å². The molecule has 0 bridgehead atoms. The Morgan fingerprint density at radius 3 is 1.46 bits per heavy atom. The first kappa shape index (κ1) is 18.2. The average Bonchev–Trinajstić information content (AvgIpc) is 2.72. The van der Waals surface area contributed by atoms with E-state index in [1.165, 1.54) is 11.1 Å². The molecule has 1 heterocycles. The van der Waals surface area contributed by atoms with Crippen molar-refractivity contribution in [2.24, 2.45) is 0 Å². The van der Waals surface area contributed by atoms with E-state index in [0.29, 0.717) is 23.1 Å². The summed E-state index contributed by atoms with van der Waals surface area (Å²) in [5, 5.41) is 6.49. The number of hydrogen-bond donors (Lipinski definition) is 2. The van der Waals surface area contributed by atoms with Crippen molar-refractivity contribution < 1.29 is 0 Å². The van der Waals surface area contributed by atoms with E-state index < -0.39 is 0 Å². The van der Waals surface area contributed by atoms with Crippen molar-refractivity contribution in [2.75, 3.05) is 0 Å². The monoisotopic (exact) mass is 377 g/mol. The van der Waals surface area contributed by atoms with Crippen LogP contribution in [-0.2, 0) is 13.1 Å². The number of benzene rings is 2. The third-order valence-electron chi connectivity index (χ3n) is 3.81. The van der Waals surface area contributed by atoms with Gasteiger partial charge in [0.1, 0.15) is 9.98 Å². The summed E-state index contributed by atoms with van der Waals surface area (Å²) in [6, 6.07) is 26.0. The molecule has 1 aromatic heterocycles. The summed E-state index contributed by atoms with van der Waals surface area (Å²) in [7, 11) is 0. The number of aromatic nitrogens is 1. The number of rotatable bonds is 6. The van der Waals surface area contributed by atoms with Gasteiger partial charge in [-0.25, -0.2) is 4.98 Å². The Kier molecular flexibility index (Phi) is 6.41. The smallest absolute Gasteiger partial charge is 0.125 e. The van der Waals surface area contributed by atoms with E-state index in [9.17, 15) is 0 Å². The molecule has 0 aliphatic heterocycles. The maximum Gasteiger partial charge on any atom is 0.125 e. The summed E-state index contributed by atoms with van der Waals surface area (Å²) < 4.78 is 0. The summed E-state index contributed by atoms with van der Waals surface area (Å²) >= 11 is 10.9. The highest BCUT2D eigenvalue weighted by Gasteiger charge is 2.07. The lowest BCUT2D eigenvalue weighted by Crippen LogP contribution is -2.26. The van der Waals surface area contributed by atoms with E-state index in [-0.39, 0.29) is 0 Å². The standard InChI is InChI=1S/C21H19N3S2/c25-20(22-14-16-8-3-1-4-9-16)18-12-7-13-19(24-18)21(26)23-15-17-10-5-2-6-11-17/h1-13H,14-15H2,(H,22,25)(H,23,26). The topological polar surface area (TPSA) is 37.0 Å². The zero-order chi connectivity index (χ0) is 18.2. The first-order valence-electron chi connectivity index (χ1n) is 8.34. The highest BCUT2D eigenvalue weighted by molar-refractivity contribution is 7.81. The molecule has 5 heteroatoms. The van der Waals surface area contributed by atoms with Crippen LogP contribution in [0.5, 0.6) is 0 Å². The molecule has 3 aromatic rings. The molecule has 2 aromatic carbocycles. The average molecular weight is 378 g/mol. The van der Waals surface area contributed by atoms with Crippen molar-refractivity contribution in [3.63, 3.8) is 0 Å². The van der Waals surface area contributed by atoms with Gasteiger partial charge in [-0.3, -0.25) is 0 Å². The third kappa shape index (κ3) is 5.18. The molecule has 0 saturated carbocycles. The molecule has 3 rings (SSSR count). The Morgan fingerprint density at radius 2 is 1.04 bits per heavy atom. The maximum absolute atomic E-state index is 5.47. The SMILES string of the molecule is S=C(NCc1ccccc1)c1cccc(C(=S)NCc2ccccc2)n1. The lowest BCUT2D eigenvalue weighted by Gasteiger charge is -2.11. The molecular weight excluding hydrogens is 358 g/mol. The fraction of sp³-hybridized carbons (Fsp3) is 0.0952. The van der Waals surface area contributed by atoms with E-state index in [1.54, 1.807) is 0 Å². The van der Waals surface area contributed by atoms with Crippen LogP contribution in [0.25, 0.3) is 0 Å². The van der Waals surface area contributed by atoms with Crippen molar-refractivity contribution in [3.8, 4) is 0 Å². The molecule has 0 aliphatic rings. The Bertz CT molecular complexity index is 809. The van der Waals surface area contributed by atoms with Gasteiger partial charge < -0.3 is 10.6 Å². The minimum Gasteiger partial charge on any atom is -0.370 e. The number of pyridine rings is 1. The maximum atomic E-state index is 5.47. The van der Waals surface area contributed by atoms with E-state index in [0.717, 1.165) is 11.4 Å². The summed E-state index contributed by atoms with van der Waals surface area (Å²) in [6.45, 7) is 1.34. The molecule has 0 radical (unpaired) electrons. The second-order valence-electron chi connectivity index (χ2n) is 5.74. The Morgan fingerprint density at radius 1 is 0.615 bits per heavy atom. The van der Waals surface area contributed by atoms with Crippen LogP contribution in [0.4, 0.5) is 0 Å². The quantitative estimate of drug-likeness (QED) is 0.635.